The van der Waals surface area contributed by atoms with Gasteiger partial charge in [-0.3, -0.25) is 19.3 Å². The number of aromatic nitrogens is 1. The lowest BCUT2D eigenvalue weighted by molar-refractivity contribution is -0.924. The first kappa shape index (κ1) is 44.6. The molecule has 6 aliphatic rings. The molecule has 3 N–H and O–H groups in total. The fraction of sp³-hybridized carbons (Fsp3) is 0.574. The Labute approximate surface area is 379 Å². The maximum Gasteiger partial charge on any atom is 0.344 e. The molecule has 5 aliphatic heterocycles. The van der Waals surface area contributed by atoms with Gasteiger partial charge in [0.25, 0.3) is 0 Å². The van der Waals surface area contributed by atoms with Gasteiger partial charge in [-0.25, -0.2) is 4.79 Å². The Morgan fingerprint density at radius 2 is 1.74 bits per heavy atom. The summed E-state index contributed by atoms with van der Waals surface area (Å²) in [6.07, 6.45) is 5.90. The minimum absolute atomic E-state index is 0. The number of quaternary nitrogens is 1. The number of nitrogens with zero attached hydrogens (tertiary/aromatic N) is 3. The van der Waals surface area contributed by atoms with Crippen LogP contribution in [0.25, 0.3) is 10.9 Å². The molecule has 6 heterocycles. The SMILES string of the molecule is CCC1(O)CC2CC(C(=O)OC)(c3cc4c(cc3OC)N(C=O)C3C(O)(C(=O)OC)C(OC(C)=O)C5(CC)C=CCN6CCC43C65)c3[nH]c4ccccc4c3CC[N+](C)(C2)C1.[I-]. The van der Waals surface area contributed by atoms with Crippen molar-refractivity contribution in [3.05, 3.63) is 70.9 Å². The van der Waals surface area contributed by atoms with Gasteiger partial charge >= 0.3 is 17.9 Å². The molecule has 3 aromatic rings. The molecule has 62 heavy (non-hydrogen) atoms. The Morgan fingerprint density at radius 1 is 1.00 bits per heavy atom. The van der Waals surface area contributed by atoms with Crippen LogP contribution in [0.15, 0.2) is 48.6 Å². The Balaban J connectivity index is 0.00000529. The van der Waals surface area contributed by atoms with Crippen LogP contribution in [0, 0.1) is 11.3 Å². The number of piperidine rings is 1. The quantitative estimate of drug-likeness (QED) is 0.0726. The van der Waals surface area contributed by atoms with E-state index in [2.05, 4.69) is 23.0 Å². The second-order valence-corrected chi connectivity index (χ2v) is 19.1. The van der Waals surface area contributed by atoms with Crippen LogP contribution in [0.1, 0.15) is 75.3 Å². The molecule has 334 valence electrons. The van der Waals surface area contributed by atoms with Crippen LogP contribution in [0.3, 0.4) is 0 Å². The summed E-state index contributed by atoms with van der Waals surface area (Å²) in [6.45, 7) is 8.40. The Morgan fingerprint density at radius 3 is 2.40 bits per heavy atom. The van der Waals surface area contributed by atoms with E-state index >= 15 is 4.79 Å². The third-order valence-corrected chi connectivity index (χ3v) is 16.1. The number of carbonyl (C=O) groups is 4. The second kappa shape index (κ2) is 15.3. The van der Waals surface area contributed by atoms with Gasteiger partial charge in [-0.1, -0.05) is 44.2 Å². The van der Waals surface area contributed by atoms with Crippen LogP contribution in [0.4, 0.5) is 5.69 Å². The smallest absolute Gasteiger partial charge is 0.344 e. The first-order valence-electron chi connectivity index (χ1n) is 21.7. The predicted octanol–water partition coefficient (Wildman–Crippen LogP) is 0.666. The normalized spacial score (nSPS) is 36.7. The molecule has 10 unspecified atom stereocenters. The Bertz CT molecular complexity index is 2370. The van der Waals surface area contributed by atoms with Crippen molar-refractivity contribution in [2.24, 2.45) is 11.3 Å². The summed E-state index contributed by atoms with van der Waals surface area (Å²) in [4.78, 5) is 64.0. The van der Waals surface area contributed by atoms with E-state index in [1.165, 1.54) is 33.2 Å². The molecule has 9 rings (SSSR count). The number of hydrogen-bond acceptors (Lipinski definition) is 11. The molecule has 14 nitrogen and oxygen atoms in total. The number of H-pyrrole nitrogens is 1. The second-order valence-electron chi connectivity index (χ2n) is 19.1. The monoisotopic (exact) mass is 966 g/mol. The summed E-state index contributed by atoms with van der Waals surface area (Å²) >= 11 is 0. The lowest BCUT2D eigenvalue weighted by atomic mass is 9.47. The van der Waals surface area contributed by atoms with Gasteiger partial charge < -0.3 is 67.5 Å². The van der Waals surface area contributed by atoms with Crippen LogP contribution >= 0.6 is 0 Å². The average Bonchev–Trinajstić information content (AvgIpc) is 3.92. The van der Waals surface area contributed by atoms with Crippen molar-refractivity contribution in [1.82, 2.24) is 9.88 Å². The van der Waals surface area contributed by atoms with E-state index in [1.54, 1.807) is 6.07 Å². The number of para-hydroxylation sites is 1. The van der Waals surface area contributed by atoms with E-state index in [0.717, 1.165) is 29.6 Å². The van der Waals surface area contributed by atoms with Crippen molar-refractivity contribution >= 4 is 40.9 Å². The topological polar surface area (TPSA) is 168 Å². The zero-order valence-electron chi connectivity index (χ0n) is 36.7. The minimum Gasteiger partial charge on any atom is -1.00 e. The number of ether oxygens (including phenoxy) is 4. The standard InChI is InChI=1S/C47H59N4O10.HI/c1-8-43(56)23-29-24-46(41(54)59-6,37-31(15-20-51(4,25-29)26-43)30-13-10-11-14-34(30)48-37)33-21-32-35(22-36(33)58-5)50(27-52)39-45(32)17-19-49-18-12-16-44(9-2,38(45)49)40(61-28(3)53)47(39,57)42(55)60-7;/h10-14,16,21-22,27,29,38-40,48,56-57H,8-9,15,17-20,23-26H2,1-7H3;1H/q+1;/p-1. The highest BCUT2D eigenvalue weighted by molar-refractivity contribution is 5.96. The molecule has 2 saturated heterocycles. The highest BCUT2D eigenvalue weighted by Gasteiger charge is 2.81. The summed E-state index contributed by atoms with van der Waals surface area (Å²) in [5.41, 5.74) is -3.10. The number of esters is 3. The van der Waals surface area contributed by atoms with E-state index < -0.39 is 63.5 Å². The fourth-order valence-corrected chi connectivity index (χ4v) is 14.0. The van der Waals surface area contributed by atoms with Gasteiger partial charge in [0.15, 0.2) is 6.10 Å². The number of carbonyl (C=O) groups excluding carboxylic acids is 4. The molecule has 3 fully saturated rings. The highest BCUT2D eigenvalue weighted by atomic mass is 127. The summed E-state index contributed by atoms with van der Waals surface area (Å²) < 4.78 is 24.4. The van der Waals surface area contributed by atoms with Gasteiger partial charge in [0.1, 0.15) is 23.3 Å². The minimum atomic E-state index is -2.53. The van der Waals surface area contributed by atoms with E-state index in [9.17, 15) is 24.6 Å². The lowest BCUT2D eigenvalue weighted by Gasteiger charge is -2.63. The largest absolute Gasteiger partial charge is 1.00 e. The number of halogens is 1. The first-order valence-corrected chi connectivity index (χ1v) is 21.7. The number of aliphatic hydroxyl groups is 2. The zero-order chi connectivity index (χ0) is 43.5. The van der Waals surface area contributed by atoms with Crippen LogP contribution < -0.4 is 33.6 Å². The summed E-state index contributed by atoms with van der Waals surface area (Å²) in [7, 11) is 6.31. The molecule has 15 heteroatoms. The summed E-state index contributed by atoms with van der Waals surface area (Å²) in [5.74, 6) is -2.04. The number of rotatable bonds is 8. The summed E-state index contributed by atoms with van der Waals surface area (Å²) in [6, 6.07) is 10.0. The maximum absolute atomic E-state index is 15.4. The Hall–Kier alpha value is -4.03. The molecule has 1 spiro atoms. The number of nitrogens with one attached hydrogen (secondary N) is 1. The number of methoxy groups -OCH3 is 3. The van der Waals surface area contributed by atoms with Gasteiger partial charge in [-0.15, -0.1) is 0 Å². The third-order valence-electron chi connectivity index (χ3n) is 16.1. The Kier molecular flexibility index (Phi) is 11.0. The number of benzene rings is 2. The van der Waals surface area contributed by atoms with Gasteiger partial charge in [-0.2, -0.15) is 0 Å². The molecule has 1 saturated carbocycles. The fourth-order valence-electron chi connectivity index (χ4n) is 14.0. The van der Waals surface area contributed by atoms with Crippen molar-refractivity contribution in [2.45, 2.75) is 99.5 Å². The van der Waals surface area contributed by atoms with Crippen molar-refractivity contribution in [2.75, 3.05) is 66.0 Å². The molecular formula is C47H59IN4O10. The predicted molar refractivity (Wildman–Crippen MR) is 225 cm³/mol. The highest BCUT2D eigenvalue weighted by Crippen LogP contribution is 2.68. The van der Waals surface area contributed by atoms with E-state index in [4.69, 9.17) is 18.9 Å². The van der Waals surface area contributed by atoms with Crippen LogP contribution in [0.5, 0.6) is 5.75 Å². The molecule has 1 amide bonds. The van der Waals surface area contributed by atoms with Crippen molar-refractivity contribution in [1.29, 1.82) is 0 Å². The number of fused-ring (bicyclic) bond motifs is 6. The lowest BCUT2D eigenvalue weighted by Crippen LogP contribution is -3.00. The molecule has 2 aromatic carbocycles. The molecule has 0 radical (unpaired) electrons. The number of anilines is 1. The zero-order valence-corrected chi connectivity index (χ0v) is 38.8. The van der Waals surface area contributed by atoms with Gasteiger partial charge in [-0.05, 0) is 61.9 Å². The van der Waals surface area contributed by atoms with E-state index in [-0.39, 0.29) is 36.3 Å². The molecule has 10 atom stereocenters. The van der Waals surface area contributed by atoms with Crippen molar-refractivity contribution in [3.8, 4) is 5.75 Å². The van der Waals surface area contributed by atoms with E-state index in [0.29, 0.717) is 90.9 Å². The average molecular weight is 967 g/mol. The van der Waals surface area contributed by atoms with Gasteiger partial charge in [0.05, 0.1) is 53.2 Å². The number of hydrogen-bond donors (Lipinski definition) is 3. The van der Waals surface area contributed by atoms with E-state index in [1.807, 2.05) is 50.3 Å². The summed E-state index contributed by atoms with van der Waals surface area (Å²) in [5, 5.41) is 26.5. The van der Waals surface area contributed by atoms with Crippen LogP contribution in [-0.2, 0) is 50.6 Å². The maximum atomic E-state index is 15.4. The van der Waals surface area contributed by atoms with Crippen molar-refractivity contribution < 1.29 is 76.8 Å². The molecule has 1 aliphatic carbocycles. The van der Waals surface area contributed by atoms with Gasteiger partial charge in [0.2, 0.25) is 12.0 Å². The van der Waals surface area contributed by atoms with Crippen LogP contribution in [0.2, 0.25) is 0 Å². The number of aromatic amines is 1. The third kappa shape index (κ3) is 5.79. The molecular weight excluding hydrogens is 907 g/mol. The number of amides is 1. The van der Waals surface area contributed by atoms with Gasteiger partial charge in [0, 0.05) is 70.9 Å². The molecule has 2 bridgehead atoms. The first-order chi connectivity index (χ1) is 29.1. The molecule has 1 aromatic heterocycles. The number of likely N-dealkylation sites (N-methyl/N-ethyl adjacent to an activating group) is 1. The van der Waals surface area contributed by atoms with Crippen molar-refractivity contribution in [3.63, 3.8) is 0 Å². The van der Waals surface area contributed by atoms with Crippen LogP contribution in [-0.4, -0.2) is 139 Å².